The summed E-state index contributed by atoms with van der Waals surface area (Å²) < 4.78 is 1.79. The number of rotatable bonds is 3. The highest BCUT2D eigenvalue weighted by Gasteiger charge is 2.33. The Labute approximate surface area is 150 Å². The Morgan fingerprint density at radius 1 is 1.24 bits per heavy atom. The number of hydrogen-bond acceptors (Lipinski definition) is 5. The number of amides is 1. The fourth-order valence-electron chi connectivity index (χ4n) is 2.95. The molecule has 1 amide bonds. The van der Waals surface area contributed by atoms with Crippen LogP contribution in [0.3, 0.4) is 0 Å². The van der Waals surface area contributed by atoms with Crippen molar-refractivity contribution >= 4 is 33.0 Å². The summed E-state index contributed by atoms with van der Waals surface area (Å²) in [6.07, 6.45) is 2.73. The maximum Gasteiger partial charge on any atom is 0.249 e. The normalized spacial score (nSPS) is 18.3. The van der Waals surface area contributed by atoms with Crippen LogP contribution in [0.15, 0.2) is 36.5 Å². The highest BCUT2D eigenvalue weighted by molar-refractivity contribution is 7.20. The van der Waals surface area contributed by atoms with Gasteiger partial charge in [-0.05, 0) is 18.6 Å². The lowest BCUT2D eigenvalue weighted by Crippen LogP contribution is -2.33. The smallest absolute Gasteiger partial charge is 0.249 e. The fraction of sp³-hybridized carbons (Fsp3) is 0.389. The highest BCUT2D eigenvalue weighted by atomic mass is 32.1. The number of carbonyl (C=O) groups is 1. The zero-order valence-corrected chi connectivity index (χ0v) is 15.4. The van der Waals surface area contributed by atoms with Crippen molar-refractivity contribution in [2.75, 3.05) is 16.8 Å². The fourth-order valence-corrected chi connectivity index (χ4v) is 3.78. The van der Waals surface area contributed by atoms with E-state index in [2.05, 4.69) is 36.2 Å². The van der Waals surface area contributed by atoms with E-state index in [1.807, 2.05) is 41.4 Å². The number of nitrogens with one attached hydrogen (secondary N) is 1. The molecule has 1 saturated heterocycles. The van der Waals surface area contributed by atoms with Crippen molar-refractivity contribution in [3.63, 3.8) is 0 Å². The largest absolute Gasteiger partial charge is 0.348 e. The average molecular weight is 355 g/mol. The predicted molar refractivity (Wildman–Crippen MR) is 100 cm³/mol. The van der Waals surface area contributed by atoms with Crippen molar-refractivity contribution in [2.45, 2.75) is 38.6 Å². The molecule has 6 nitrogen and oxygen atoms in total. The number of hydrogen-bond donors (Lipinski definition) is 1. The second kappa shape index (κ2) is 5.84. The number of anilines is 2. The second-order valence-electron chi connectivity index (χ2n) is 7.32. The number of imidazole rings is 1. The van der Waals surface area contributed by atoms with Crippen LogP contribution in [0.2, 0.25) is 0 Å². The third-order valence-corrected chi connectivity index (χ3v) is 5.24. The van der Waals surface area contributed by atoms with E-state index in [-0.39, 0.29) is 17.4 Å². The van der Waals surface area contributed by atoms with Gasteiger partial charge in [0.05, 0.1) is 11.9 Å². The molecule has 3 aromatic rings. The molecule has 1 aliphatic rings. The van der Waals surface area contributed by atoms with Crippen LogP contribution in [0.1, 0.15) is 32.9 Å². The summed E-state index contributed by atoms with van der Waals surface area (Å²) in [6, 6.07) is 9.55. The van der Waals surface area contributed by atoms with Gasteiger partial charge in [-0.15, -0.1) is 5.10 Å². The second-order valence-corrected chi connectivity index (χ2v) is 8.28. The molecule has 3 heterocycles. The van der Waals surface area contributed by atoms with Crippen molar-refractivity contribution < 1.29 is 4.79 Å². The van der Waals surface area contributed by atoms with Crippen molar-refractivity contribution in [2.24, 2.45) is 0 Å². The monoisotopic (exact) mass is 355 g/mol. The SMILES string of the molecule is CC(C)(C)c1cn2nc(NC3CCN(c4ccccc4)C3=O)sc2n1. The Morgan fingerprint density at radius 3 is 2.68 bits per heavy atom. The Kier molecular flexibility index (Phi) is 3.76. The molecule has 1 aromatic carbocycles. The van der Waals surface area contributed by atoms with Crippen molar-refractivity contribution in [3.05, 3.63) is 42.2 Å². The summed E-state index contributed by atoms with van der Waals surface area (Å²) in [5.41, 5.74) is 1.96. The zero-order chi connectivity index (χ0) is 17.6. The lowest BCUT2D eigenvalue weighted by atomic mass is 9.93. The number of para-hydroxylation sites is 1. The van der Waals surface area contributed by atoms with Crippen LogP contribution in [0, 0.1) is 0 Å². The first-order chi connectivity index (χ1) is 11.9. The van der Waals surface area contributed by atoms with Gasteiger partial charge in [0.15, 0.2) is 0 Å². The van der Waals surface area contributed by atoms with Crippen LogP contribution in [0.5, 0.6) is 0 Å². The molecular formula is C18H21N5OS. The third kappa shape index (κ3) is 3.00. The lowest BCUT2D eigenvalue weighted by molar-refractivity contribution is -0.117. The summed E-state index contributed by atoms with van der Waals surface area (Å²) in [4.78, 5) is 20.0. The highest BCUT2D eigenvalue weighted by Crippen LogP contribution is 2.28. The zero-order valence-electron chi connectivity index (χ0n) is 14.6. The van der Waals surface area contributed by atoms with Gasteiger partial charge >= 0.3 is 0 Å². The van der Waals surface area contributed by atoms with Crippen LogP contribution in [-0.2, 0) is 10.2 Å². The molecule has 2 aromatic heterocycles. The molecule has 0 bridgehead atoms. The van der Waals surface area contributed by atoms with Crippen LogP contribution in [0.4, 0.5) is 10.8 Å². The molecule has 0 spiro atoms. The van der Waals surface area contributed by atoms with E-state index in [9.17, 15) is 4.79 Å². The van der Waals surface area contributed by atoms with Gasteiger partial charge in [-0.25, -0.2) is 9.50 Å². The van der Waals surface area contributed by atoms with Crippen molar-refractivity contribution in [1.29, 1.82) is 0 Å². The van der Waals surface area contributed by atoms with E-state index in [1.54, 1.807) is 4.52 Å². The molecule has 0 radical (unpaired) electrons. The van der Waals surface area contributed by atoms with Crippen molar-refractivity contribution in [3.8, 4) is 0 Å². The number of nitrogens with zero attached hydrogens (tertiary/aromatic N) is 4. The molecule has 1 unspecified atom stereocenters. The van der Waals surface area contributed by atoms with Gasteiger partial charge in [0.1, 0.15) is 6.04 Å². The molecule has 4 rings (SSSR count). The Balaban J connectivity index is 1.50. The number of aromatic nitrogens is 3. The maximum absolute atomic E-state index is 12.7. The number of benzene rings is 1. The molecule has 1 N–H and O–H groups in total. The molecule has 1 aliphatic heterocycles. The molecule has 1 atom stereocenters. The summed E-state index contributed by atoms with van der Waals surface area (Å²) in [5, 5.41) is 8.55. The Hall–Kier alpha value is -2.41. The Bertz CT molecular complexity index is 877. The van der Waals surface area contributed by atoms with Gasteiger partial charge < -0.3 is 10.2 Å². The number of fused-ring (bicyclic) bond motifs is 1. The molecule has 25 heavy (non-hydrogen) atoms. The first kappa shape index (κ1) is 16.1. The van der Waals surface area contributed by atoms with Crippen LogP contribution in [0.25, 0.3) is 4.96 Å². The minimum Gasteiger partial charge on any atom is -0.348 e. The van der Waals surface area contributed by atoms with Gasteiger partial charge in [-0.2, -0.15) is 0 Å². The van der Waals surface area contributed by atoms with Gasteiger partial charge in [0, 0.05) is 17.6 Å². The Morgan fingerprint density at radius 2 is 2.00 bits per heavy atom. The van der Waals surface area contributed by atoms with Gasteiger partial charge in [0.2, 0.25) is 16.0 Å². The molecule has 130 valence electrons. The van der Waals surface area contributed by atoms with Crippen LogP contribution in [-0.4, -0.2) is 33.1 Å². The van der Waals surface area contributed by atoms with E-state index < -0.39 is 0 Å². The van der Waals surface area contributed by atoms with E-state index in [1.165, 1.54) is 11.3 Å². The predicted octanol–water partition coefficient (Wildman–Crippen LogP) is 3.31. The van der Waals surface area contributed by atoms with Gasteiger partial charge in [-0.1, -0.05) is 50.3 Å². The minimum atomic E-state index is -0.238. The molecule has 0 saturated carbocycles. The first-order valence-electron chi connectivity index (χ1n) is 8.41. The van der Waals surface area contributed by atoms with E-state index in [0.717, 1.165) is 34.4 Å². The van der Waals surface area contributed by atoms with Crippen LogP contribution >= 0.6 is 11.3 Å². The topological polar surface area (TPSA) is 62.5 Å². The van der Waals surface area contributed by atoms with Crippen molar-refractivity contribution in [1.82, 2.24) is 14.6 Å². The molecule has 1 fully saturated rings. The van der Waals surface area contributed by atoms with E-state index in [0.29, 0.717) is 0 Å². The molecule has 0 aliphatic carbocycles. The van der Waals surface area contributed by atoms with Crippen LogP contribution < -0.4 is 10.2 Å². The van der Waals surface area contributed by atoms with E-state index in [4.69, 9.17) is 0 Å². The minimum absolute atomic E-state index is 0.00137. The number of carbonyl (C=O) groups excluding carboxylic acids is 1. The summed E-state index contributed by atoms with van der Waals surface area (Å²) in [7, 11) is 0. The maximum atomic E-state index is 12.7. The van der Waals surface area contributed by atoms with Gasteiger partial charge in [0.25, 0.3) is 0 Å². The summed E-state index contributed by atoms with van der Waals surface area (Å²) in [5.74, 6) is 0.0921. The molecule has 7 heteroatoms. The summed E-state index contributed by atoms with van der Waals surface area (Å²) >= 11 is 1.48. The average Bonchev–Trinajstić information content (AvgIpc) is 3.22. The lowest BCUT2D eigenvalue weighted by Gasteiger charge is -2.16. The quantitative estimate of drug-likeness (QED) is 0.783. The standard InChI is InChI=1S/C18H21N5OS/c1-18(2,3)14-11-23-17(20-14)25-16(21-23)19-13-9-10-22(15(13)24)12-7-5-4-6-8-12/h4-8,11,13H,9-10H2,1-3H3,(H,19,21). The molecular weight excluding hydrogens is 334 g/mol. The summed E-state index contributed by atoms with van der Waals surface area (Å²) in [6.45, 7) is 7.12. The van der Waals surface area contributed by atoms with Gasteiger partial charge in [-0.3, -0.25) is 4.79 Å². The first-order valence-corrected chi connectivity index (χ1v) is 9.23. The third-order valence-electron chi connectivity index (χ3n) is 4.38. The van der Waals surface area contributed by atoms with E-state index >= 15 is 0 Å².